The van der Waals surface area contributed by atoms with Gasteiger partial charge in [-0.15, -0.1) is 0 Å². The lowest BCUT2D eigenvalue weighted by atomic mass is 10.0. The van der Waals surface area contributed by atoms with E-state index in [4.69, 9.17) is 9.47 Å². The summed E-state index contributed by atoms with van der Waals surface area (Å²) in [6, 6.07) is 12.8. The number of esters is 1. The Balaban J connectivity index is 2.17. The quantitative estimate of drug-likeness (QED) is 0.534. The summed E-state index contributed by atoms with van der Waals surface area (Å²) in [7, 11) is 2.84. The van der Waals surface area contributed by atoms with Crippen LogP contribution in [-0.4, -0.2) is 30.5 Å². The second kappa shape index (κ2) is 4.71. The standard InChI is InChI=1S/C18H13NO4/c1-22-13-9-5-8-12-15(13)17(20)16-14(18(21)23-2)10-6-3-4-7-11(10)19(12)16/h3-9H,1-2H3. The number of fused-ring (bicyclic) bond motifs is 5. The zero-order chi connectivity index (χ0) is 16.1. The summed E-state index contributed by atoms with van der Waals surface area (Å²) in [5.41, 5.74) is 2.61. The smallest absolute Gasteiger partial charge is 0.340 e. The molecule has 0 spiro atoms. The molecule has 4 rings (SSSR count). The molecule has 5 nitrogen and oxygen atoms in total. The van der Waals surface area contributed by atoms with E-state index in [1.807, 2.05) is 41.0 Å². The predicted octanol–water partition coefficient (Wildman–Crippen LogP) is 2.97. The van der Waals surface area contributed by atoms with Crippen molar-refractivity contribution in [3.05, 3.63) is 59.3 Å². The van der Waals surface area contributed by atoms with Gasteiger partial charge in [0.25, 0.3) is 0 Å². The highest BCUT2D eigenvalue weighted by atomic mass is 16.5. The van der Waals surface area contributed by atoms with Crippen LogP contribution in [0.2, 0.25) is 0 Å². The van der Waals surface area contributed by atoms with Crippen molar-refractivity contribution in [3.63, 3.8) is 0 Å². The fourth-order valence-electron chi connectivity index (χ4n) is 3.24. The number of para-hydroxylation sites is 1. The van der Waals surface area contributed by atoms with E-state index in [0.29, 0.717) is 28.0 Å². The zero-order valence-corrected chi connectivity index (χ0v) is 12.6. The highest BCUT2D eigenvalue weighted by molar-refractivity contribution is 6.24. The van der Waals surface area contributed by atoms with Crippen LogP contribution in [-0.2, 0) is 4.74 Å². The molecule has 0 fully saturated rings. The van der Waals surface area contributed by atoms with E-state index in [1.165, 1.54) is 14.2 Å². The zero-order valence-electron chi connectivity index (χ0n) is 12.6. The van der Waals surface area contributed by atoms with Crippen molar-refractivity contribution in [3.8, 4) is 11.4 Å². The van der Waals surface area contributed by atoms with Crippen LogP contribution in [0.4, 0.5) is 0 Å². The van der Waals surface area contributed by atoms with Gasteiger partial charge in [-0.05, 0) is 18.2 Å². The molecule has 2 heterocycles. The summed E-state index contributed by atoms with van der Waals surface area (Å²) in [6.07, 6.45) is 0. The molecule has 23 heavy (non-hydrogen) atoms. The minimum absolute atomic E-state index is 0.228. The van der Waals surface area contributed by atoms with E-state index in [9.17, 15) is 9.59 Å². The Kier molecular flexibility index (Phi) is 2.78. The molecule has 0 bridgehead atoms. The summed E-state index contributed by atoms with van der Waals surface area (Å²) < 4.78 is 12.0. The van der Waals surface area contributed by atoms with E-state index in [0.717, 1.165) is 11.2 Å². The molecule has 0 saturated heterocycles. The maximum absolute atomic E-state index is 13.0. The first-order valence-electron chi connectivity index (χ1n) is 7.13. The lowest BCUT2D eigenvalue weighted by Crippen LogP contribution is -2.08. The predicted molar refractivity (Wildman–Crippen MR) is 84.6 cm³/mol. The Morgan fingerprint density at radius 2 is 1.83 bits per heavy atom. The highest BCUT2D eigenvalue weighted by Gasteiger charge is 2.37. The minimum Gasteiger partial charge on any atom is -0.496 e. The lowest BCUT2D eigenvalue weighted by molar-refractivity contribution is 0.0599. The van der Waals surface area contributed by atoms with Crippen molar-refractivity contribution < 1.29 is 19.1 Å². The number of hydrogen-bond acceptors (Lipinski definition) is 4. The van der Waals surface area contributed by atoms with Crippen molar-refractivity contribution in [1.82, 2.24) is 4.57 Å². The molecule has 0 aliphatic carbocycles. The Bertz CT molecular complexity index is 984. The van der Waals surface area contributed by atoms with E-state index in [2.05, 4.69) is 0 Å². The SMILES string of the molecule is COC(=O)c1c2n(c3ccccc13)-c1cccc(OC)c1C2=O. The molecule has 5 heteroatoms. The van der Waals surface area contributed by atoms with Crippen LogP contribution < -0.4 is 4.74 Å². The van der Waals surface area contributed by atoms with Crippen molar-refractivity contribution in [2.24, 2.45) is 0 Å². The summed E-state index contributed by atoms with van der Waals surface area (Å²) in [5.74, 6) is -0.250. The molecule has 0 amide bonds. The van der Waals surface area contributed by atoms with E-state index in [-0.39, 0.29) is 5.78 Å². The van der Waals surface area contributed by atoms with Gasteiger partial charge >= 0.3 is 5.97 Å². The average Bonchev–Trinajstić information content (AvgIpc) is 3.08. The van der Waals surface area contributed by atoms with Crippen LogP contribution in [0.1, 0.15) is 26.4 Å². The Labute approximate surface area is 132 Å². The number of rotatable bonds is 2. The fraction of sp³-hybridized carbons (Fsp3) is 0.111. The molecule has 0 N–H and O–H groups in total. The third kappa shape index (κ3) is 1.61. The maximum Gasteiger partial charge on any atom is 0.340 e. The summed E-state index contributed by atoms with van der Waals surface area (Å²) in [4.78, 5) is 25.3. The average molecular weight is 307 g/mol. The monoisotopic (exact) mass is 307 g/mol. The number of hydrogen-bond donors (Lipinski definition) is 0. The normalized spacial score (nSPS) is 12.2. The van der Waals surface area contributed by atoms with Crippen LogP contribution in [0, 0.1) is 0 Å². The Morgan fingerprint density at radius 1 is 1.04 bits per heavy atom. The van der Waals surface area contributed by atoms with Gasteiger partial charge in [-0.25, -0.2) is 4.79 Å². The largest absolute Gasteiger partial charge is 0.496 e. The van der Waals surface area contributed by atoms with Crippen molar-refractivity contribution in [1.29, 1.82) is 0 Å². The fourth-order valence-corrected chi connectivity index (χ4v) is 3.24. The van der Waals surface area contributed by atoms with Crippen molar-refractivity contribution in [2.45, 2.75) is 0 Å². The van der Waals surface area contributed by atoms with Gasteiger partial charge in [-0.2, -0.15) is 0 Å². The molecule has 0 radical (unpaired) electrons. The molecule has 114 valence electrons. The van der Waals surface area contributed by atoms with Crippen LogP contribution in [0.5, 0.6) is 5.75 Å². The van der Waals surface area contributed by atoms with Gasteiger partial charge in [0.15, 0.2) is 0 Å². The molecule has 1 aliphatic rings. The third-order valence-corrected chi connectivity index (χ3v) is 4.17. The second-order valence-electron chi connectivity index (χ2n) is 5.25. The number of ether oxygens (including phenoxy) is 2. The molecule has 1 aromatic heterocycles. The summed E-state index contributed by atoms with van der Waals surface area (Å²) in [5, 5.41) is 0.705. The molecule has 0 atom stereocenters. The summed E-state index contributed by atoms with van der Waals surface area (Å²) >= 11 is 0. The molecular formula is C18H13NO4. The second-order valence-corrected chi connectivity index (χ2v) is 5.25. The van der Waals surface area contributed by atoms with Gasteiger partial charge in [-0.3, -0.25) is 4.79 Å². The van der Waals surface area contributed by atoms with E-state index in [1.54, 1.807) is 6.07 Å². The summed E-state index contributed by atoms with van der Waals surface area (Å²) in [6.45, 7) is 0. The number of ketones is 1. The van der Waals surface area contributed by atoms with Crippen LogP contribution >= 0.6 is 0 Å². The van der Waals surface area contributed by atoms with Gasteiger partial charge in [0.1, 0.15) is 11.4 Å². The van der Waals surface area contributed by atoms with Gasteiger partial charge in [-0.1, -0.05) is 24.3 Å². The Hall–Kier alpha value is -3.08. The number of nitrogens with zero attached hydrogens (tertiary/aromatic N) is 1. The molecule has 3 aromatic rings. The van der Waals surface area contributed by atoms with Gasteiger partial charge in [0.05, 0.1) is 36.6 Å². The topological polar surface area (TPSA) is 57.5 Å². The number of aromatic nitrogens is 1. The van der Waals surface area contributed by atoms with Crippen LogP contribution in [0.15, 0.2) is 42.5 Å². The number of carbonyl (C=O) groups excluding carboxylic acids is 2. The molecule has 0 unspecified atom stereocenters. The number of methoxy groups -OCH3 is 2. The van der Waals surface area contributed by atoms with Gasteiger partial charge in [0.2, 0.25) is 5.78 Å². The van der Waals surface area contributed by atoms with Crippen molar-refractivity contribution in [2.75, 3.05) is 14.2 Å². The first-order valence-corrected chi connectivity index (χ1v) is 7.13. The van der Waals surface area contributed by atoms with Gasteiger partial charge < -0.3 is 14.0 Å². The van der Waals surface area contributed by atoms with Crippen LogP contribution in [0.3, 0.4) is 0 Å². The molecule has 0 saturated carbocycles. The minimum atomic E-state index is -0.518. The van der Waals surface area contributed by atoms with E-state index >= 15 is 0 Å². The van der Waals surface area contributed by atoms with Crippen molar-refractivity contribution >= 4 is 22.7 Å². The van der Waals surface area contributed by atoms with E-state index < -0.39 is 5.97 Å². The lowest BCUT2D eigenvalue weighted by Gasteiger charge is -2.07. The van der Waals surface area contributed by atoms with Gasteiger partial charge in [0, 0.05) is 5.39 Å². The maximum atomic E-state index is 13.0. The molecular weight excluding hydrogens is 294 g/mol. The Morgan fingerprint density at radius 3 is 2.57 bits per heavy atom. The molecule has 1 aliphatic heterocycles. The third-order valence-electron chi connectivity index (χ3n) is 4.17. The van der Waals surface area contributed by atoms with Crippen LogP contribution in [0.25, 0.3) is 16.6 Å². The highest BCUT2D eigenvalue weighted by Crippen LogP contribution is 2.41. The number of carbonyl (C=O) groups is 2. The molecule has 2 aromatic carbocycles. The number of benzene rings is 2. The first kappa shape index (κ1) is 13.6. The first-order chi connectivity index (χ1) is 11.2.